The Morgan fingerprint density at radius 3 is 2.75 bits per heavy atom. The Morgan fingerprint density at radius 2 is 2.10 bits per heavy atom. The van der Waals surface area contributed by atoms with E-state index in [1.165, 1.54) is 18.6 Å². The first-order valence-corrected chi connectivity index (χ1v) is 7.17. The van der Waals surface area contributed by atoms with Crippen LogP contribution >= 0.6 is 0 Å². The van der Waals surface area contributed by atoms with Crippen molar-refractivity contribution in [3.8, 4) is 0 Å². The molecule has 4 nitrogen and oxygen atoms in total. The Morgan fingerprint density at radius 1 is 1.35 bits per heavy atom. The fourth-order valence-corrected chi connectivity index (χ4v) is 2.96. The molecule has 0 heterocycles. The number of anilines is 1. The van der Waals surface area contributed by atoms with Crippen LogP contribution in [-0.4, -0.2) is 11.0 Å². The molecule has 0 aromatic heterocycles. The predicted molar refractivity (Wildman–Crippen MR) is 77.3 cm³/mol. The van der Waals surface area contributed by atoms with Crippen molar-refractivity contribution in [2.75, 3.05) is 5.32 Å². The molecule has 1 aliphatic rings. The van der Waals surface area contributed by atoms with E-state index in [2.05, 4.69) is 19.2 Å². The minimum Gasteiger partial charge on any atom is -0.382 e. The average Bonchev–Trinajstić information content (AvgIpc) is 2.38. The molecule has 2 rings (SSSR count). The highest BCUT2D eigenvalue weighted by molar-refractivity contribution is 5.52. The van der Waals surface area contributed by atoms with E-state index < -0.39 is 10.7 Å². The number of hydrogen-bond acceptors (Lipinski definition) is 3. The zero-order chi connectivity index (χ0) is 14.7. The van der Waals surface area contributed by atoms with Crippen LogP contribution in [-0.2, 0) is 0 Å². The van der Waals surface area contributed by atoms with Crippen LogP contribution in [0.15, 0.2) is 18.2 Å². The Labute approximate surface area is 118 Å². The molecule has 1 N–H and O–H groups in total. The van der Waals surface area contributed by atoms with Gasteiger partial charge in [0, 0.05) is 17.8 Å². The molecule has 1 aromatic carbocycles. The molecule has 110 valence electrons. The van der Waals surface area contributed by atoms with Crippen LogP contribution in [0.4, 0.5) is 15.8 Å². The molecule has 0 aliphatic heterocycles. The first-order valence-electron chi connectivity index (χ1n) is 7.17. The van der Waals surface area contributed by atoms with E-state index in [1.54, 1.807) is 0 Å². The molecule has 2 atom stereocenters. The molecule has 0 radical (unpaired) electrons. The summed E-state index contributed by atoms with van der Waals surface area (Å²) in [5.74, 6) is 0.740. The summed E-state index contributed by atoms with van der Waals surface area (Å²) in [6, 6.07) is 3.95. The highest BCUT2D eigenvalue weighted by Gasteiger charge is 2.24. The van der Waals surface area contributed by atoms with Gasteiger partial charge in [-0.25, -0.2) is 4.39 Å². The second kappa shape index (κ2) is 6.20. The third-order valence-electron chi connectivity index (χ3n) is 4.12. The van der Waals surface area contributed by atoms with Crippen molar-refractivity contribution in [1.82, 2.24) is 0 Å². The lowest BCUT2D eigenvalue weighted by Gasteiger charge is -2.32. The van der Waals surface area contributed by atoms with Gasteiger partial charge in [0.1, 0.15) is 5.82 Å². The van der Waals surface area contributed by atoms with Gasteiger partial charge in [0.2, 0.25) is 0 Å². The van der Waals surface area contributed by atoms with E-state index >= 15 is 0 Å². The third-order valence-corrected chi connectivity index (χ3v) is 4.12. The van der Waals surface area contributed by atoms with Crippen molar-refractivity contribution in [1.29, 1.82) is 0 Å². The summed E-state index contributed by atoms with van der Waals surface area (Å²) in [6.45, 7) is 4.44. The first-order chi connectivity index (χ1) is 9.45. The van der Waals surface area contributed by atoms with Crippen molar-refractivity contribution in [2.45, 2.75) is 45.6 Å². The number of rotatable bonds is 4. The fraction of sp³-hybridized carbons (Fsp3) is 0.600. The van der Waals surface area contributed by atoms with Gasteiger partial charge in [-0.05, 0) is 30.7 Å². The second-order valence-corrected chi connectivity index (χ2v) is 5.97. The quantitative estimate of drug-likeness (QED) is 0.658. The van der Waals surface area contributed by atoms with Crippen molar-refractivity contribution >= 4 is 11.4 Å². The van der Waals surface area contributed by atoms with E-state index in [4.69, 9.17) is 0 Å². The predicted octanol–water partition coefficient (Wildman–Crippen LogP) is 4.36. The van der Waals surface area contributed by atoms with Crippen LogP contribution in [0, 0.1) is 27.8 Å². The summed E-state index contributed by atoms with van der Waals surface area (Å²) < 4.78 is 13.4. The van der Waals surface area contributed by atoms with E-state index in [0.29, 0.717) is 17.5 Å². The zero-order valence-corrected chi connectivity index (χ0v) is 11.9. The van der Waals surface area contributed by atoms with Gasteiger partial charge in [0.25, 0.3) is 5.69 Å². The topological polar surface area (TPSA) is 55.2 Å². The molecule has 1 fully saturated rings. The van der Waals surface area contributed by atoms with E-state index in [1.807, 2.05) is 0 Å². The van der Waals surface area contributed by atoms with E-state index in [9.17, 15) is 14.5 Å². The maximum absolute atomic E-state index is 13.4. The minimum atomic E-state index is -0.571. The molecule has 2 unspecified atom stereocenters. The highest BCUT2D eigenvalue weighted by atomic mass is 19.1. The summed E-state index contributed by atoms with van der Waals surface area (Å²) in [4.78, 5) is 10.2. The summed E-state index contributed by atoms with van der Waals surface area (Å²) in [7, 11) is 0. The highest BCUT2D eigenvalue weighted by Crippen LogP contribution is 2.32. The maximum Gasteiger partial charge on any atom is 0.274 e. The smallest absolute Gasteiger partial charge is 0.274 e. The monoisotopic (exact) mass is 280 g/mol. The standard InChI is InChI=1S/C15H21FN2O2/c1-10(2)11-4-3-5-13(6-11)17-14-7-12(16)8-15(9-14)18(19)20/h7-11,13,17H,3-6H2,1-2H3. The number of nitro groups is 1. The van der Waals surface area contributed by atoms with Gasteiger partial charge in [-0.3, -0.25) is 10.1 Å². The molecular weight excluding hydrogens is 259 g/mol. The molecule has 20 heavy (non-hydrogen) atoms. The van der Waals surface area contributed by atoms with Gasteiger partial charge < -0.3 is 5.32 Å². The maximum atomic E-state index is 13.4. The number of nitrogens with zero attached hydrogens (tertiary/aromatic N) is 1. The summed E-state index contributed by atoms with van der Waals surface area (Å²) in [5, 5.41) is 14.0. The number of non-ortho nitro benzene ring substituents is 1. The Balaban J connectivity index is 2.07. The molecule has 0 saturated heterocycles. The Hall–Kier alpha value is -1.65. The normalized spacial score (nSPS) is 22.8. The van der Waals surface area contributed by atoms with Crippen molar-refractivity contribution < 1.29 is 9.31 Å². The lowest BCUT2D eigenvalue weighted by Crippen LogP contribution is -2.29. The van der Waals surface area contributed by atoms with Crippen molar-refractivity contribution in [2.24, 2.45) is 11.8 Å². The third kappa shape index (κ3) is 3.68. The molecular formula is C15H21FN2O2. The van der Waals surface area contributed by atoms with Crippen LogP contribution in [0.2, 0.25) is 0 Å². The lowest BCUT2D eigenvalue weighted by atomic mass is 9.79. The molecule has 0 bridgehead atoms. The molecule has 5 heteroatoms. The molecule has 1 aromatic rings. The average molecular weight is 280 g/mol. The molecule has 0 amide bonds. The van der Waals surface area contributed by atoms with Crippen LogP contribution in [0.5, 0.6) is 0 Å². The number of halogens is 1. The van der Waals surface area contributed by atoms with Gasteiger partial charge >= 0.3 is 0 Å². The number of benzene rings is 1. The molecule has 1 aliphatic carbocycles. The Bertz CT molecular complexity index is 491. The Kier molecular flexibility index (Phi) is 4.57. The summed E-state index contributed by atoms with van der Waals surface area (Å²) >= 11 is 0. The SMILES string of the molecule is CC(C)C1CCCC(Nc2cc(F)cc([N+](=O)[O-])c2)C1. The first kappa shape index (κ1) is 14.8. The van der Waals surface area contributed by atoms with Crippen LogP contribution < -0.4 is 5.32 Å². The van der Waals surface area contributed by atoms with Gasteiger partial charge in [0.05, 0.1) is 11.0 Å². The van der Waals surface area contributed by atoms with Crippen molar-refractivity contribution in [3.05, 3.63) is 34.1 Å². The largest absolute Gasteiger partial charge is 0.382 e. The molecule has 0 spiro atoms. The van der Waals surface area contributed by atoms with Gasteiger partial charge in [0.15, 0.2) is 0 Å². The van der Waals surface area contributed by atoms with Crippen molar-refractivity contribution in [3.63, 3.8) is 0 Å². The van der Waals surface area contributed by atoms with Gasteiger partial charge in [-0.1, -0.05) is 26.7 Å². The number of nitrogens with one attached hydrogen (secondary N) is 1. The van der Waals surface area contributed by atoms with Crippen LogP contribution in [0.3, 0.4) is 0 Å². The molecule has 1 saturated carbocycles. The van der Waals surface area contributed by atoms with E-state index in [-0.39, 0.29) is 11.7 Å². The zero-order valence-electron chi connectivity index (χ0n) is 11.9. The van der Waals surface area contributed by atoms with Crippen LogP contribution in [0.25, 0.3) is 0 Å². The lowest BCUT2D eigenvalue weighted by molar-refractivity contribution is -0.385. The summed E-state index contributed by atoms with van der Waals surface area (Å²) in [6.07, 6.45) is 4.46. The summed E-state index contributed by atoms with van der Waals surface area (Å²) in [5.41, 5.74) is 0.301. The van der Waals surface area contributed by atoms with E-state index in [0.717, 1.165) is 25.3 Å². The fourth-order valence-electron chi connectivity index (χ4n) is 2.96. The number of nitro benzene ring substituents is 1. The van der Waals surface area contributed by atoms with Gasteiger partial charge in [-0.2, -0.15) is 0 Å². The van der Waals surface area contributed by atoms with Gasteiger partial charge in [-0.15, -0.1) is 0 Å². The second-order valence-electron chi connectivity index (χ2n) is 5.97. The van der Waals surface area contributed by atoms with Crippen LogP contribution in [0.1, 0.15) is 39.5 Å². The minimum absolute atomic E-state index is 0.205. The number of hydrogen-bond donors (Lipinski definition) is 1.